The number of hydrogen-bond acceptors (Lipinski definition) is 3. The maximum atomic E-state index is 11.1. The van der Waals surface area contributed by atoms with E-state index in [4.69, 9.17) is 9.47 Å². The lowest BCUT2D eigenvalue weighted by Crippen LogP contribution is -2.32. The Kier molecular flexibility index (Phi) is 5.67. The third kappa shape index (κ3) is 4.16. The van der Waals surface area contributed by atoms with E-state index in [0.717, 1.165) is 29.0 Å². The van der Waals surface area contributed by atoms with Crippen LogP contribution in [-0.4, -0.2) is 26.2 Å². The van der Waals surface area contributed by atoms with Crippen LogP contribution in [0.3, 0.4) is 0 Å². The van der Waals surface area contributed by atoms with E-state index in [1.165, 1.54) is 6.92 Å². The summed E-state index contributed by atoms with van der Waals surface area (Å²) >= 11 is 0. The number of rotatable bonds is 6. The number of carbonyl (C=O) groups excluding carboxylic acids is 1. The third-order valence-electron chi connectivity index (χ3n) is 3.04. The molecule has 1 amide bonds. The predicted octanol–water partition coefficient (Wildman–Crippen LogP) is 2.33. The number of amides is 1. The Morgan fingerprint density at radius 2 is 1.74 bits per heavy atom. The minimum Gasteiger partial charge on any atom is -0.496 e. The Morgan fingerprint density at radius 3 is 2.21 bits per heavy atom. The first-order valence-corrected chi connectivity index (χ1v) is 6.52. The summed E-state index contributed by atoms with van der Waals surface area (Å²) in [4.78, 5) is 11.1. The van der Waals surface area contributed by atoms with Crippen molar-refractivity contribution in [1.82, 2.24) is 5.32 Å². The molecule has 1 aromatic rings. The van der Waals surface area contributed by atoms with E-state index >= 15 is 0 Å². The summed E-state index contributed by atoms with van der Waals surface area (Å²) in [7, 11) is 3.33. The van der Waals surface area contributed by atoms with Crippen LogP contribution in [0.5, 0.6) is 11.5 Å². The predicted molar refractivity (Wildman–Crippen MR) is 75.9 cm³/mol. The second kappa shape index (κ2) is 7.02. The number of benzene rings is 1. The van der Waals surface area contributed by atoms with E-state index in [9.17, 15) is 4.79 Å². The summed E-state index contributed by atoms with van der Waals surface area (Å²) in [5.74, 6) is 1.69. The fraction of sp³-hybridized carbons (Fsp3) is 0.533. The highest BCUT2D eigenvalue weighted by molar-refractivity contribution is 5.73. The molecule has 0 saturated heterocycles. The maximum Gasteiger partial charge on any atom is 0.217 e. The van der Waals surface area contributed by atoms with Crippen LogP contribution < -0.4 is 14.8 Å². The van der Waals surface area contributed by atoms with E-state index < -0.39 is 0 Å². The van der Waals surface area contributed by atoms with Gasteiger partial charge in [-0.05, 0) is 43.0 Å². The Hall–Kier alpha value is -1.71. The van der Waals surface area contributed by atoms with Crippen molar-refractivity contribution in [2.75, 3.05) is 14.2 Å². The smallest absolute Gasteiger partial charge is 0.217 e. The zero-order valence-electron chi connectivity index (χ0n) is 12.4. The first-order chi connectivity index (χ1) is 9.01. The normalized spacial score (nSPS) is 11.8. The number of nitrogens with one attached hydrogen (secondary N) is 1. The van der Waals surface area contributed by atoms with Crippen LogP contribution in [0.4, 0.5) is 0 Å². The van der Waals surface area contributed by atoms with Crippen LogP contribution in [0.1, 0.15) is 31.9 Å². The Morgan fingerprint density at radius 1 is 1.21 bits per heavy atom. The molecule has 4 heteroatoms. The first-order valence-electron chi connectivity index (χ1n) is 6.52. The lowest BCUT2D eigenvalue weighted by atomic mass is 10.0. The zero-order valence-corrected chi connectivity index (χ0v) is 12.4. The lowest BCUT2D eigenvalue weighted by molar-refractivity contribution is -0.119. The summed E-state index contributed by atoms with van der Waals surface area (Å²) in [6.07, 6.45) is 1.60. The molecule has 0 fully saturated rings. The molecule has 0 bridgehead atoms. The molecule has 0 radical (unpaired) electrons. The second-order valence-electron chi connectivity index (χ2n) is 4.64. The van der Waals surface area contributed by atoms with Crippen LogP contribution in [-0.2, 0) is 17.6 Å². The van der Waals surface area contributed by atoms with Gasteiger partial charge in [0.1, 0.15) is 11.5 Å². The molecule has 0 saturated carbocycles. The van der Waals surface area contributed by atoms with Gasteiger partial charge in [0.25, 0.3) is 0 Å². The van der Waals surface area contributed by atoms with Crippen LogP contribution in [0.2, 0.25) is 0 Å². The van der Waals surface area contributed by atoms with E-state index in [1.807, 2.05) is 19.1 Å². The van der Waals surface area contributed by atoms with Gasteiger partial charge >= 0.3 is 0 Å². The summed E-state index contributed by atoms with van der Waals surface area (Å²) < 4.78 is 10.8. The molecule has 0 spiro atoms. The molecule has 0 heterocycles. The first kappa shape index (κ1) is 15.3. The van der Waals surface area contributed by atoms with Crippen molar-refractivity contribution in [3.63, 3.8) is 0 Å². The number of ether oxygens (including phenoxy) is 2. The number of carbonyl (C=O) groups is 1. The minimum absolute atomic E-state index is 0.0244. The van der Waals surface area contributed by atoms with Gasteiger partial charge in [-0.3, -0.25) is 4.79 Å². The third-order valence-corrected chi connectivity index (χ3v) is 3.04. The van der Waals surface area contributed by atoms with Gasteiger partial charge in [-0.15, -0.1) is 0 Å². The SMILES string of the molecule is CCc1cc(OC)c(CC(C)NC(C)=O)cc1OC. The van der Waals surface area contributed by atoms with Crippen molar-refractivity contribution in [3.05, 3.63) is 23.3 Å². The average molecular weight is 265 g/mol. The molecule has 0 aliphatic carbocycles. The van der Waals surface area contributed by atoms with Crippen molar-refractivity contribution in [3.8, 4) is 11.5 Å². The van der Waals surface area contributed by atoms with Crippen LogP contribution >= 0.6 is 0 Å². The van der Waals surface area contributed by atoms with Crippen LogP contribution in [0.25, 0.3) is 0 Å². The van der Waals surface area contributed by atoms with E-state index in [0.29, 0.717) is 6.42 Å². The molecule has 1 unspecified atom stereocenters. The lowest BCUT2D eigenvalue weighted by Gasteiger charge is -2.17. The standard InChI is InChI=1S/C15H23NO3/c1-6-12-8-15(19-5)13(9-14(12)18-4)7-10(2)16-11(3)17/h8-10H,6-7H2,1-5H3,(H,16,17). The van der Waals surface area contributed by atoms with E-state index in [-0.39, 0.29) is 11.9 Å². The molecule has 106 valence electrons. The Labute approximate surface area is 115 Å². The van der Waals surface area contributed by atoms with E-state index in [1.54, 1.807) is 14.2 Å². The fourth-order valence-corrected chi connectivity index (χ4v) is 2.19. The van der Waals surface area contributed by atoms with Crippen LogP contribution in [0.15, 0.2) is 12.1 Å². The quantitative estimate of drug-likeness (QED) is 0.858. The van der Waals surface area contributed by atoms with Gasteiger partial charge in [-0.1, -0.05) is 6.92 Å². The van der Waals surface area contributed by atoms with Crippen molar-refractivity contribution in [2.24, 2.45) is 0 Å². The van der Waals surface area contributed by atoms with Gasteiger partial charge in [0, 0.05) is 13.0 Å². The van der Waals surface area contributed by atoms with Crippen molar-refractivity contribution in [2.45, 2.75) is 39.7 Å². The monoisotopic (exact) mass is 265 g/mol. The van der Waals surface area contributed by atoms with Gasteiger partial charge in [0.2, 0.25) is 5.91 Å². The van der Waals surface area contributed by atoms with Crippen molar-refractivity contribution < 1.29 is 14.3 Å². The maximum absolute atomic E-state index is 11.1. The fourth-order valence-electron chi connectivity index (χ4n) is 2.19. The topological polar surface area (TPSA) is 47.6 Å². The van der Waals surface area contributed by atoms with Crippen LogP contribution in [0, 0.1) is 0 Å². The van der Waals surface area contributed by atoms with Crippen molar-refractivity contribution in [1.29, 1.82) is 0 Å². The zero-order chi connectivity index (χ0) is 14.4. The molecule has 1 N–H and O–H groups in total. The molecule has 1 rings (SSSR count). The molecular weight excluding hydrogens is 242 g/mol. The summed E-state index contributed by atoms with van der Waals surface area (Å²) in [6, 6.07) is 4.06. The molecule has 0 aliphatic heterocycles. The molecule has 4 nitrogen and oxygen atoms in total. The van der Waals surface area contributed by atoms with Gasteiger partial charge < -0.3 is 14.8 Å². The number of methoxy groups -OCH3 is 2. The van der Waals surface area contributed by atoms with E-state index in [2.05, 4.69) is 12.2 Å². The highest BCUT2D eigenvalue weighted by atomic mass is 16.5. The highest BCUT2D eigenvalue weighted by Gasteiger charge is 2.13. The summed E-state index contributed by atoms with van der Waals surface area (Å²) in [5.41, 5.74) is 2.16. The van der Waals surface area contributed by atoms with Gasteiger partial charge in [0.05, 0.1) is 14.2 Å². The Balaban J connectivity index is 3.01. The van der Waals surface area contributed by atoms with Gasteiger partial charge in [0.15, 0.2) is 0 Å². The Bertz CT molecular complexity index is 443. The van der Waals surface area contributed by atoms with Crippen molar-refractivity contribution >= 4 is 5.91 Å². The number of aryl methyl sites for hydroxylation is 1. The molecule has 19 heavy (non-hydrogen) atoms. The second-order valence-corrected chi connectivity index (χ2v) is 4.64. The molecule has 1 atom stereocenters. The van der Waals surface area contributed by atoms with Gasteiger partial charge in [-0.2, -0.15) is 0 Å². The summed E-state index contributed by atoms with van der Waals surface area (Å²) in [5, 5.41) is 2.87. The van der Waals surface area contributed by atoms with Gasteiger partial charge in [-0.25, -0.2) is 0 Å². The summed E-state index contributed by atoms with van der Waals surface area (Å²) in [6.45, 7) is 5.58. The average Bonchev–Trinajstić information content (AvgIpc) is 2.37. The molecular formula is C15H23NO3. The molecule has 0 aliphatic rings. The number of hydrogen-bond donors (Lipinski definition) is 1. The molecule has 0 aromatic heterocycles. The highest BCUT2D eigenvalue weighted by Crippen LogP contribution is 2.30. The minimum atomic E-state index is -0.0244. The largest absolute Gasteiger partial charge is 0.496 e. The molecule has 1 aromatic carbocycles.